The van der Waals surface area contributed by atoms with Crippen LogP contribution in [0.15, 0.2) is 24.3 Å². The van der Waals surface area contributed by atoms with Gasteiger partial charge < -0.3 is 10.5 Å². The summed E-state index contributed by atoms with van der Waals surface area (Å²) in [5, 5.41) is 0. The Bertz CT molecular complexity index is 391. The molecule has 0 radical (unpaired) electrons. The van der Waals surface area contributed by atoms with Crippen LogP contribution < -0.4 is 5.73 Å². The molecular formula is C16H25NO. The summed E-state index contributed by atoms with van der Waals surface area (Å²) in [4.78, 5) is 0. The van der Waals surface area contributed by atoms with Crippen LogP contribution >= 0.6 is 0 Å². The molecule has 1 aliphatic heterocycles. The molecule has 1 aromatic carbocycles. The average Bonchev–Trinajstić information content (AvgIpc) is 2.73. The molecule has 3 unspecified atom stereocenters. The zero-order valence-corrected chi connectivity index (χ0v) is 11.9. The van der Waals surface area contributed by atoms with Crippen LogP contribution in [0.3, 0.4) is 0 Å². The molecule has 2 N–H and O–H groups in total. The number of ether oxygens (including phenoxy) is 1. The maximum Gasteiger partial charge on any atom is 0.0594 e. The van der Waals surface area contributed by atoms with Gasteiger partial charge in [0.05, 0.1) is 6.10 Å². The van der Waals surface area contributed by atoms with Gasteiger partial charge in [-0.2, -0.15) is 0 Å². The lowest BCUT2D eigenvalue weighted by Crippen LogP contribution is -2.26. The summed E-state index contributed by atoms with van der Waals surface area (Å²) < 4.78 is 5.61. The number of hydrogen-bond donors (Lipinski definition) is 1. The van der Waals surface area contributed by atoms with Gasteiger partial charge in [-0.1, -0.05) is 45.0 Å². The number of nitrogens with two attached hydrogens (primary N) is 1. The van der Waals surface area contributed by atoms with E-state index in [4.69, 9.17) is 10.5 Å². The number of rotatable bonds is 2. The van der Waals surface area contributed by atoms with Gasteiger partial charge in [0.25, 0.3) is 0 Å². The fourth-order valence-corrected chi connectivity index (χ4v) is 2.67. The van der Waals surface area contributed by atoms with Crippen LogP contribution in [-0.4, -0.2) is 12.7 Å². The molecule has 100 valence electrons. The Morgan fingerprint density at radius 1 is 1.22 bits per heavy atom. The highest BCUT2D eigenvalue weighted by Gasteiger charge is 2.30. The fourth-order valence-electron chi connectivity index (χ4n) is 2.67. The monoisotopic (exact) mass is 247 g/mol. The summed E-state index contributed by atoms with van der Waals surface area (Å²) in [6, 6.07) is 8.86. The highest BCUT2D eigenvalue weighted by atomic mass is 16.5. The summed E-state index contributed by atoms with van der Waals surface area (Å²) >= 11 is 0. The molecule has 0 bridgehead atoms. The van der Waals surface area contributed by atoms with Crippen molar-refractivity contribution in [3.05, 3.63) is 35.4 Å². The van der Waals surface area contributed by atoms with E-state index in [0.717, 1.165) is 13.0 Å². The Kier molecular flexibility index (Phi) is 3.79. The lowest BCUT2D eigenvalue weighted by Gasteiger charge is -2.24. The second-order valence-electron chi connectivity index (χ2n) is 6.43. The molecule has 2 nitrogen and oxygen atoms in total. The Morgan fingerprint density at radius 3 is 2.28 bits per heavy atom. The lowest BCUT2D eigenvalue weighted by molar-refractivity contribution is 0.0995. The SMILES string of the molecule is CC1OCCC1C(N)c1ccc(C(C)(C)C)cc1. The standard InChI is InChI=1S/C16H25NO/c1-11-14(9-10-18-11)15(17)12-5-7-13(8-6-12)16(2,3)4/h5-8,11,14-15H,9-10,17H2,1-4H3. The van der Waals surface area contributed by atoms with E-state index >= 15 is 0 Å². The molecule has 1 fully saturated rings. The highest BCUT2D eigenvalue weighted by Crippen LogP contribution is 2.32. The lowest BCUT2D eigenvalue weighted by atomic mass is 9.84. The van der Waals surface area contributed by atoms with Gasteiger partial charge in [-0.3, -0.25) is 0 Å². The molecular weight excluding hydrogens is 222 g/mol. The quantitative estimate of drug-likeness (QED) is 0.869. The van der Waals surface area contributed by atoms with Gasteiger partial charge in [0.1, 0.15) is 0 Å². The first kappa shape index (κ1) is 13.6. The summed E-state index contributed by atoms with van der Waals surface area (Å²) in [6.07, 6.45) is 1.35. The normalized spacial score (nSPS) is 26.3. The molecule has 1 aromatic rings. The summed E-state index contributed by atoms with van der Waals surface area (Å²) in [5.41, 5.74) is 9.15. The summed E-state index contributed by atoms with van der Waals surface area (Å²) in [5.74, 6) is 0.450. The molecule has 0 aliphatic carbocycles. The van der Waals surface area contributed by atoms with E-state index in [-0.39, 0.29) is 17.6 Å². The minimum Gasteiger partial charge on any atom is -0.378 e. The van der Waals surface area contributed by atoms with Crippen molar-refractivity contribution < 1.29 is 4.74 Å². The van der Waals surface area contributed by atoms with Gasteiger partial charge in [-0.15, -0.1) is 0 Å². The molecule has 0 spiro atoms. The molecule has 1 aliphatic rings. The smallest absolute Gasteiger partial charge is 0.0594 e. The van der Waals surface area contributed by atoms with Gasteiger partial charge >= 0.3 is 0 Å². The van der Waals surface area contributed by atoms with Gasteiger partial charge in [0.2, 0.25) is 0 Å². The third-order valence-electron chi connectivity index (χ3n) is 4.06. The van der Waals surface area contributed by atoms with E-state index < -0.39 is 0 Å². The first-order valence-corrected chi connectivity index (χ1v) is 6.87. The number of benzene rings is 1. The van der Waals surface area contributed by atoms with Gasteiger partial charge in [0, 0.05) is 18.6 Å². The molecule has 0 saturated carbocycles. The van der Waals surface area contributed by atoms with E-state index in [1.165, 1.54) is 11.1 Å². The van der Waals surface area contributed by atoms with Gasteiger partial charge in [-0.05, 0) is 29.9 Å². The summed E-state index contributed by atoms with van der Waals surface area (Å²) in [6.45, 7) is 9.67. The Morgan fingerprint density at radius 2 is 1.83 bits per heavy atom. The molecule has 2 rings (SSSR count). The van der Waals surface area contributed by atoms with E-state index in [1.54, 1.807) is 0 Å². The van der Waals surface area contributed by atoms with Crippen LogP contribution in [0.2, 0.25) is 0 Å². The zero-order valence-electron chi connectivity index (χ0n) is 11.9. The van der Waals surface area contributed by atoms with E-state index in [2.05, 4.69) is 52.0 Å². The highest BCUT2D eigenvalue weighted by molar-refractivity contribution is 5.29. The molecule has 1 heterocycles. The van der Waals surface area contributed by atoms with Crippen molar-refractivity contribution in [3.63, 3.8) is 0 Å². The van der Waals surface area contributed by atoms with Crippen molar-refractivity contribution in [1.29, 1.82) is 0 Å². The van der Waals surface area contributed by atoms with E-state index in [1.807, 2.05) is 0 Å². The third kappa shape index (κ3) is 2.76. The largest absolute Gasteiger partial charge is 0.378 e. The Hall–Kier alpha value is -0.860. The minimum atomic E-state index is 0.0940. The van der Waals surface area contributed by atoms with Crippen LogP contribution in [-0.2, 0) is 10.2 Å². The Balaban J connectivity index is 2.14. The van der Waals surface area contributed by atoms with Crippen molar-refractivity contribution in [1.82, 2.24) is 0 Å². The van der Waals surface area contributed by atoms with Gasteiger partial charge in [-0.25, -0.2) is 0 Å². The van der Waals surface area contributed by atoms with Crippen LogP contribution in [0.4, 0.5) is 0 Å². The van der Waals surface area contributed by atoms with Gasteiger partial charge in [0.15, 0.2) is 0 Å². The van der Waals surface area contributed by atoms with E-state index in [9.17, 15) is 0 Å². The fraction of sp³-hybridized carbons (Fsp3) is 0.625. The van der Waals surface area contributed by atoms with Crippen molar-refractivity contribution in [2.45, 2.75) is 51.7 Å². The second-order valence-corrected chi connectivity index (χ2v) is 6.43. The molecule has 3 atom stereocenters. The first-order chi connectivity index (χ1) is 8.39. The maximum atomic E-state index is 6.37. The predicted octanol–water partition coefficient (Wildman–Crippen LogP) is 3.41. The van der Waals surface area contributed by atoms with Crippen LogP contribution in [0, 0.1) is 5.92 Å². The van der Waals surface area contributed by atoms with Crippen molar-refractivity contribution in [2.75, 3.05) is 6.61 Å². The topological polar surface area (TPSA) is 35.2 Å². The Labute approximate surface area is 111 Å². The molecule has 18 heavy (non-hydrogen) atoms. The molecule has 0 amide bonds. The maximum absolute atomic E-state index is 6.37. The van der Waals surface area contributed by atoms with Crippen molar-refractivity contribution in [3.8, 4) is 0 Å². The average molecular weight is 247 g/mol. The van der Waals surface area contributed by atoms with Crippen LogP contribution in [0.25, 0.3) is 0 Å². The van der Waals surface area contributed by atoms with E-state index in [0.29, 0.717) is 5.92 Å². The van der Waals surface area contributed by atoms with Crippen molar-refractivity contribution in [2.24, 2.45) is 11.7 Å². The molecule has 2 heteroatoms. The van der Waals surface area contributed by atoms with Crippen LogP contribution in [0.1, 0.15) is 51.3 Å². The first-order valence-electron chi connectivity index (χ1n) is 6.87. The number of hydrogen-bond acceptors (Lipinski definition) is 2. The second kappa shape index (κ2) is 5.02. The summed E-state index contributed by atoms with van der Waals surface area (Å²) in [7, 11) is 0. The predicted molar refractivity (Wildman–Crippen MR) is 75.6 cm³/mol. The van der Waals surface area contributed by atoms with Crippen molar-refractivity contribution >= 4 is 0 Å². The molecule has 0 aromatic heterocycles. The minimum absolute atomic E-state index is 0.0940. The zero-order chi connectivity index (χ0) is 13.3. The van der Waals surface area contributed by atoms with Crippen LogP contribution in [0.5, 0.6) is 0 Å². The molecule has 1 saturated heterocycles. The third-order valence-corrected chi connectivity index (χ3v) is 4.06.